The molecule has 2 aromatic rings. The van der Waals surface area contributed by atoms with Gasteiger partial charge in [0.05, 0.1) is 12.2 Å². The summed E-state index contributed by atoms with van der Waals surface area (Å²) in [6.07, 6.45) is 1.02. The summed E-state index contributed by atoms with van der Waals surface area (Å²) in [6.45, 7) is 6.65. The Morgan fingerprint density at radius 3 is 2.57 bits per heavy atom. The number of thiazole rings is 1. The van der Waals surface area contributed by atoms with Gasteiger partial charge in [0.25, 0.3) is 0 Å². The minimum atomic E-state index is 0.710. The second-order valence-electron chi connectivity index (χ2n) is 5.25. The maximum Gasteiger partial charge on any atom is 0.191 e. The fraction of sp³-hybridized carbons (Fsp3) is 0.412. The Kier molecular flexibility index (Phi) is 6.87. The Labute approximate surface area is 142 Å². The molecule has 0 amide bonds. The molecule has 2 rings (SSSR count). The summed E-state index contributed by atoms with van der Waals surface area (Å²) in [7, 11) is 1.79. The molecule has 0 radical (unpaired) electrons. The van der Waals surface area contributed by atoms with Gasteiger partial charge in [-0.15, -0.1) is 11.3 Å². The Morgan fingerprint density at radius 2 is 1.91 bits per heavy atom. The van der Waals surface area contributed by atoms with Gasteiger partial charge < -0.3 is 16.0 Å². The molecule has 0 aliphatic rings. The average Bonchev–Trinajstić information content (AvgIpc) is 2.89. The van der Waals surface area contributed by atoms with Gasteiger partial charge in [-0.05, 0) is 32.4 Å². The second-order valence-corrected chi connectivity index (χ2v) is 6.54. The number of benzene rings is 1. The molecule has 0 fully saturated rings. The Bertz CT molecular complexity index is 602. The van der Waals surface area contributed by atoms with Crippen LogP contribution in [0.15, 0.2) is 35.3 Å². The minimum Gasteiger partial charge on any atom is -0.385 e. The van der Waals surface area contributed by atoms with E-state index in [0.717, 1.165) is 41.9 Å². The maximum absolute atomic E-state index is 4.52. The van der Waals surface area contributed by atoms with Crippen molar-refractivity contribution in [3.8, 4) is 0 Å². The van der Waals surface area contributed by atoms with Crippen LogP contribution in [-0.2, 0) is 6.54 Å². The van der Waals surface area contributed by atoms with Crippen LogP contribution in [0.2, 0.25) is 0 Å². The highest BCUT2D eigenvalue weighted by Crippen LogP contribution is 2.15. The van der Waals surface area contributed by atoms with Crippen molar-refractivity contribution in [3.63, 3.8) is 0 Å². The summed E-state index contributed by atoms with van der Waals surface area (Å²) >= 11 is 1.73. The molecule has 0 unspecified atom stereocenters. The van der Waals surface area contributed by atoms with Crippen molar-refractivity contribution in [1.82, 2.24) is 15.6 Å². The van der Waals surface area contributed by atoms with Gasteiger partial charge in [0, 0.05) is 30.7 Å². The highest BCUT2D eigenvalue weighted by molar-refractivity contribution is 7.11. The molecule has 6 heteroatoms. The first-order chi connectivity index (χ1) is 11.2. The lowest BCUT2D eigenvalue weighted by atomic mass is 10.3. The van der Waals surface area contributed by atoms with Gasteiger partial charge >= 0.3 is 0 Å². The topological polar surface area (TPSA) is 61.3 Å². The normalized spacial score (nSPS) is 11.3. The fourth-order valence-electron chi connectivity index (χ4n) is 2.08. The van der Waals surface area contributed by atoms with Crippen molar-refractivity contribution in [2.45, 2.75) is 26.8 Å². The molecule has 1 aromatic carbocycles. The molecule has 1 heterocycles. The number of guanidine groups is 1. The first kappa shape index (κ1) is 17.3. The first-order valence-electron chi connectivity index (χ1n) is 7.85. The standard InChI is InChI=1S/C17H25N5S/c1-13-14(2)23-16(22-13)12-21-17(18-3)20-11-7-10-19-15-8-5-4-6-9-15/h4-6,8-9,19H,7,10-12H2,1-3H3,(H2,18,20,21). The number of nitrogens with zero attached hydrogens (tertiary/aromatic N) is 2. The first-order valence-corrected chi connectivity index (χ1v) is 8.67. The highest BCUT2D eigenvalue weighted by atomic mass is 32.1. The van der Waals surface area contributed by atoms with E-state index >= 15 is 0 Å². The third kappa shape index (κ3) is 5.90. The maximum atomic E-state index is 4.52. The van der Waals surface area contributed by atoms with E-state index in [-0.39, 0.29) is 0 Å². The van der Waals surface area contributed by atoms with Gasteiger partial charge in [-0.1, -0.05) is 18.2 Å². The molecular weight excluding hydrogens is 306 g/mol. The van der Waals surface area contributed by atoms with Crippen LogP contribution in [0.1, 0.15) is 22.0 Å². The summed E-state index contributed by atoms with van der Waals surface area (Å²) < 4.78 is 0. The van der Waals surface area contributed by atoms with Crippen LogP contribution in [0.4, 0.5) is 5.69 Å². The summed E-state index contributed by atoms with van der Waals surface area (Å²) in [4.78, 5) is 10.0. The molecule has 0 saturated carbocycles. The molecule has 3 N–H and O–H groups in total. The Balaban J connectivity index is 1.63. The number of aromatic nitrogens is 1. The predicted molar refractivity (Wildman–Crippen MR) is 99.3 cm³/mol. The molecule has 0 aliphatic carbocycles. The van der Waals surface area contributed by atoms with Crippen LogP contribution in [0.25, 0.3) is 0 Å². The molecule has 0 spiro atoms. The van der Waals surface area contributed by atoms with E-state index in [1.165, 1.54) is 4.88 Å². The van der Waals surface area contributed by atoms with E-state index in [9.17, 15) is 0 Å². The molecule has 5 nitrogen and oxygen atoms in total. The van der Waals surface area contributed by atoms with Crippen LogP contribution in [0.3, 0.4) is 0 Å². The largest absolute Gasteiger partial charge is 0.385 e. The summed E-state index contributed by atoms with van der Waals surface area (Å²) in [5.74, 6) is 0.815. The molecule has 1 aromatic heterocycles. The number of aryl methyl sites for hydroxylation is 2. The van der Waals surface area contributed by atoms with Gasteiger partial charge in [-0.3, -0.25) is 4.99 Å². The number of nitrogens with one attached hydrogen (secondary N) is 3. The molecule has 23 heavy (non-hydrogen) atoms. The number of hydrogen-bond acceptors (Lipinski definition) is 4. The third-order valence-corrected chi connectivity index (χ3v) is 4.53. The Hall–Kier alpha value is -2.08. The highest BCUT2D eigenvalue weighted by Gasteiger charge is 2.04. The summed E-state index contributed by atoms with van der Waals surface area (Å²) in [6, 6.07) is 10.2. The lowest BCUT2D eigenvalue weighted by Crippen LogP contribution is -2.37. The summed E-state index contributed by atoms with van der Waals surface area (Å²) in [5, 5.41) is 11.1. The monoisotopic (exact) mass is 331 g/mol. The number of aliphatic imine (C=N–C) groups is 1. The van der Waals surface area contributed by atoms with Crippen molar-refractivity contribution < 1.29 is 0 Å². The molecule has 0 atom stereocenters. The quantitative estimate of drug-likeness (QED) is 0.415. The zero-order chi connectivity index (χ0) is 16.5. The number of rotatable bonds is 7. The zero-order valence-corrected chi connectivity index (χ0v) is 14.8. The van der Waals surface area contributed by atoms with Gasteiger partial charge in [-0.25, -0.2) is 4.98 Å². The molecule has 124 valence electrons. The van der Waals surface area contributed by atoms with Crippen molar-refractivity contribution in [3.05, 3.63) is 45.9 Å². The number of anilines is 1. The lowest BCUT2D eigenvalue weighted by molar-refractivity contribution is 0.760. The van der Waals surface area contributed by atoms with Crippen LogP contribution in [0.5, 0.6) is 0 Å². The molecule has 0 saturated heterocycles. The van der Waals surface area contributed by atoms with E-state index in [2.05, 4.69) is 45.0 Å². The smallest absolute Gasteiger partial charge is 0.191 e. The molecule has 0 bridgehead atoms. The second kappa shape index (κ2) is 9.15. The summed E-state index contributed by atoms with van der Waals surface area (Å²) in [5.41, 5.74) is 2.27. The SMILES string of the molecule is CN=C(NCCCNc1ccccc1)NCc1nc(C)c(C)s1. The van der Waals surface area contributed by atoms with Crippen LogP contribution in [-0.4, -0.2) is 31.1 Å². The van der Waals surface area contributed by atoms with Crippen molar-refractivity contribution in [2.24, 2.45) is 4.99 Å². The van der Waals surface area contributed by atoms with Crippen LogP contribution >= 0.6 is 11.3 Å². The van der Waals surface area contributed by atoms with E-state index in [1.54, 1.807) is 18.4 Å². The lowest BCUT2D eigenvalue weighted by Gasteiger charge is -2.11. The number of hydrogen-bond donors (Lipinski definition) is 3. The van der Waals surface area contributed by atoms with E-state index in [0.29, 0.717) is 6.54 Å². The van der Waals surface area contributed by atoms with E-state index in [4.69, 9.17) is 0 Å². The average molecular weight is 331 g/mol. The van der Waals surface area contributed by atoms with Gasteiger partial charge in [-0.2, -0.15) is 0 Å². The Morgan fingerprint density at radius 1 is 1.13 bits per heavy atom. The van der Waals surface area contributed by atoms with Gasteiger partial charge in [0.1, 0.15) is 5.01 Å². The van der Waals surface area contributed by atoms with E-state index < -0.39 is 0 Å². The van der Waals surface area contributed by atoms with Crippen molar-refractivity contribution in [1.29, 1.82) is 0 Å². The third-order valence-electron chi connectivity index (χ3n) is 3.45. The molecule has 0 aliphatic heterocycles. The van der Waals surface area contributed by atoms with Crippen LogP contribution < -0.4 is 16.0 Å². The van der Waals surface area contributed by atoms with Gasteiger partial charge in [0.15, 0.2) is 5.96 Å². The van der Waals surface area contributed by atoms with E-state index in [1.807, 2.05) is 25.1 Å². The fourth-order valence-corrected chi connectivity index (χ4v) is 2.95. The molecular formula is C17H25N5S. The zero-order valence-electron chi connectivity index (χ0n) is 14.0. The number of para-hydroxylation sites is 1. The minimum absolute atomic E-state index is 0.710. The van der Waals surface area contributed by atoms with Crippen molar-refractivity contribution in [2.75, 3.05) is 25.5 Å². The van der Waals surface area contributed by atoms with Crippen molar-refractivity contribution >= 4 is 23.0 Å². The van der Waals surface area contributed by atoms with Crippen LogP contribution in [0, 0.1) is 13.8 Å². The predicted octanol–water partition coefficient (Wildman–Crippen LogP) is 2.93. The van der Waals surface area contributed by atoms with Gasteiger partial charge in [0.2, 0.25) is 0 Å².